The lowest BCUT2D eigenvalue weighted by Crippen LogP contribution is -2.45. The average molecular weight is 314 g/mol. The van der Waals surface area contributed by atoms with Crippen LogP contribution in [0.2, 0.25) is 5.02 Å². The molecule has 1 amide bonds. The number of nitrogens with one attached hydrogen (secondary N) is 1. The molecule has 2 atom stereocenters. The SMILES string of the molecule is CCC(C)C(NC(=O)Cc1ccc(Cl)cc1OC)C(=O)O. The lowest BCUT2D eigenvalue weighted by Gasteiger charge is -2.20. The lowest BCUT2D eigenvalue weighted by atomic mass is 9.99. The van der Waals surface area contributed by atoms with Crippen LogP contribution in [0.25, 0.3) is 0 Å². The van der Waals surface area contributed by atoms with Crippen LogP contribution in [-0.2, 0) is 16.0 Å². The molecule has 5 nitrogen and oxygen atoms in total. The second kappa shape index (κ2) is 7.88. The molecule has 1 aromatic rings. The number of ether oxygens (including phenoxy) is 1. The zero-order valence-corrected chi connectivity index (χ0v) is 13.1. The van der Waals surface area contributed by atoms with Crippen molar-refractivity contribution in [3.63, 3.8) is 0 Å². The summed E-state index contributed by atoms with van der Waals surface area (Å²) in [5.74, 6) is -1.02. The van der Waals surface area contributed by atoms with Crippen molar-refractivity contribution in [3.8, 4) is 5.75 Å². The Morgan fingerprint density at radius 3 is 2.62 bits per heavy atom. The van der Waals surface area contributed by atoms with Crippen LogP contribution in [0.4, 0.5) is 0 Å². The fourth-order valence-corrected chi connectivity index (χ4v) is 2.11. The van der Waals surface area contributed by atoms with Crippen LogP contribution in [0.1, 0.15) is 25.8 Å². The minimum absolute atomic E-state index is 0.0422. The first-order chi connectivity index (χ1) is 9.88. The van der Waals surface area contributed by atoms with E-state index in [4.69, 9.17) is 16.3 Å². The van der Waals surface area contributed by atoms with Gasteiger partial charge in [0.15, 0.2) is 0 Å². The molecule has 21 heavy (non-hydrogen) atoms. The summed E-state index contributed by atoms with van der Waals surface area (Å²) in [6.07, 6.45) is 0.710. The second-order valence-corrected chi connectivity index (χ2v) is 5.34. The third-order valence-electron chi connectivity index (χ3n) is 3.40. The van der Waals surface area contributed by atoms with Crippen molar-refractivity contribution in [2.75, 3.05) is 7.11 Å². The number of benzene rings is 1. The molecule has 0 aromatic heterocycles. The van der Waals surface area contributed by atoms with Crippen molar-refractivity contribution < 1.29 is 19.4 Å². The van der Waals surface area contributed by atoms with Crippen molar-refractivity contribution in [2.24, 2.45) is 5.92 Å². The molecule has 0 bridgehead atoms. The average Bonchev–Trinajstić information content (AvgIpc) is 2.45. The van der Waals surface area contributed by atoms with Gasteiger partial charge in [0.05, 0.1) is 13.5 Å². The maximum Gasteiger partial charge on any atom is 0.326 e. The molecule has 0 aliphatic carbocycles. The molecule has 1 aromatic carbocycles. The molecular formula is C15H20ClNO4. The fourth-order valence-electron chi connectivity index (χ4n) is 1.94. The Morgan fingerprint density at radius 2 is 2.10 bits per heavy atom. The third kappa shape index (κ3) is 4.93. The summed E-state index contributed by atoms with van der Waals surface area (Å²) in [7, 11) is 1.49. The highest BCUT2D eigenvalue weighted by Crippen LogP contribution is 2.23. The lowest BCUT2D eigenvalue weighted by molar-refractivity contribution is -0.143. The van der Waals surface area contributed by atoms with E-state index in [-0.39, 0.29) is 18.2 Å². The summed E-state index contributed by atoms with van der Waals surface area (Å²) in [6.45, 7) is 3.68. The molecule has 116 valence electrons. The van der Waals surface area contributed by atoms with E-state index in [1.165, 1.54) is 7.11 Å². The van der Waals surface area contributed by atoms with Gasteiger partial charge < -0.3 is 15.2 Å². The number of carbonyl (C=O) groups excluding carboxylic acids is 1. The van der Waals surface area contributed by atoms with Crippen LogP contribution >= 0.6 is 11.6 Å². The highest BCUT2D eigenvalue weighted by Gasteiger charge is 2.25. The molecule has 0 radical (unpaired) electrons. The number of methoxy groups -OCH3 is 1. The van der Waals surface area contributed by atoms with Gasteiger partial charge in [0.1, 0.15) is 11.8 Å². The molecule has 0 aliphatic heterocycles. The largest absolute Gasteiger partial charge is 0.496 e. The first kappa shape index (κ1) is 17.3. The topological polar surface area (TPSA) is 75.6 Å². The number of hydrogen-bond acceptors (Lipinski definition) is 3. The first-order valence-electron chi connectivity index (χ1n) is 6.73. The van der Waals surface area contributed by atoms with Crippen molar-refractivity contribution in [2.45, 2.75) is 32.7 Å². The minimum Gasteiger partial charge on any atom is -0.496 e. The van der Waals surface area contributed by atoms with E-state index in [9.17, 15) is 14.7 Å². The summed E-state index contributed by atoms with van der Waals surface area (Å²) >= 11 is 5.86. The van der Waals surface area contributed by atoms with Gasteiger partial charge in [0.2, 0.25) is 5.91 Å². The number of aliphatic carboxylic acids is 1. The molecule has 0 aliphatic rings. The summed E-state index contributed by atoms with van der Waals surface area (Å²) in [5.41, 5.74) is 0.660. The highest BCUT2D eigenvalue weighted by molar-refractivity contribution is 6.30. The van der Waals surface area contributed by atoms with Crippen molar-refractivity contribution in [3.05, 3.63) is 28.8 Å². The van der Waals surface area contributed by atoms with Gasteiger partial charge >= 0.3 is 5.97 Å². The molecule has 6 heteroatoms. The van der Waals surface area contributed by atoms with Gasteiger partial charge in [-0.25, -0.2) is 4.79 Å². The van der Waals surface area contributed by atoms with Gasteiger partial charge in [-0.3, -0.25) is 4.79 Å². The van der Waals surface area contributed by atoms with E-state index in [0.29, 0.717) is 22.8 Å². The molecule has 0 saturated heterocycles. The predicted molar refractivity (Wildman–Crippen MR) is 80.7 cm³/mol. The monoisotopic (exact) mass is 313 g/mol. The van der Waals surface area contributed by atoms with Crippen molar-refractivity contribution in [1.82, 2.24) is 5.32 Å². The first-order valence-corrected chi connectivity index (χ1v) is 7.11. The van der Waals surface area contributed by atoms with E-state index in [1.54, 1.807) is 25.1 Å². The van der Waals surface area contributed by atoms with Crippen molar-refractivity contribution in [1.29, 1.82) is 0 Å². The molecule has 0 saturated carbocycles. The fraction of sp³-hybridized carbons (Fsp3) is 0.467. The Labute approximate surface area is 129 Å². The summed E-state index contributed by atoms with van der Waals surface area (Å²) in [4.78, 5) is 23.2. The van der Waals surface area contributed by atoms with Crippen LogP contribution in [-0.4, -0.2) is 30.1 Å². The van der Waals surface area contributed by atoms with Gasteiger partial charge in [0, 0.05) is 10.6 Å². The van der Waals surface area contributed by atoms with Crippen LogP contribution in [0.5, 0.6) is 5.75 Å². The Kier molecular flexibility index (Phi) is 6.49. The zero-order chi connectivity index (χ0) is 16.0. The summed E-state index contributed by atoms with van der Waals surface area (Å²) in [5, 5.41) is 12.2. The van der Waals surface area contributed by atoms with Gasteiger partial charge in [-0.15, -0.1) is 0 Å². The Hall–Kier alpha value is -1.75. The van der Waals surface area contributed by atoms with E-state index >= 15 is 0 Å². The Bertz CT molecular complexity index is 518. The number of hydrogen-bond donors (Lipinski definition) is 2. The minimum atomic E-state index is -1.03. The quantitative estimate of drug-likeness (QED) is 0.811. The van der Waals surface area contributed by atoms with Crippen LogP contribution in [0.15, 0.2) is 18.2 Å². The third-order valence-corrected chi connectivity index (χ3v) is 3.63. The van der Waals surface area contributed by atoms with Crippen LogP contribution in [0, 0.1) is 5.92 Å². The second-order valence-electron chi connectivity index (χ2n) is 4.90. The number of carboxylic acids is 1. The normalized spacial score (nSPS) is 13.3. The van der Waals surface area contributed by atoms with Crippen LogP contribution < -0.4 is 10.1 Å². The zero-order valence-electron chi connectivity index (χ0n) is 12.4. The molecule has 0 fully saturated rings. The van der Waals surface area contributed by atoms with E-state index in [1.807, 2.05) is 6.92 Å². The maximum absolute atomic E-state index is 12.0. The summed E-state index contributed by atoms with van der Waals surface area (Å²) in [6, 6.07) is 4.09. The molecular weight excluding hydrogens is 294 g/mol. The number of carbonyl (C=O) groups is 2. The van der Waals surface area contributed by atoms with Crippen LogP contribution in [0.3, 0.4) is 0 Å². The standard InChI is InChI=1S/C15H20ClNO4/c1-4-9(2)14(15(19)20)17-13(18)7-10-5-6-11(16)8-12(10)21-3/h5-6,8-9,14H,4,7H2,1-3H3,(H,17,18)(H,19,20). The Balaban J connectivity index is 2.79. The van der Waals surface area contributed by atoms with E-state index in [0.717, 1.165) is 0 Å². The van der Waals surface area contributed by atoms with Gasteiger partial charge in [-0.2, -0.15) is 0 Å². The molecule has 0 heterocycles. The molecule has 2 unspecified atom stereocenters. The van der Waals surface area contributed by atoms with Gasteiger partial charge in [-0.05, 0) is 18.1 Å². The maximum atomic E-state index is 12.0. The van der Waals surface area contributed by atoms with Gasteiger partial charge in [0.25, 0.3) is 0 Å². The number of carboxylic acid groups (broad SMARTS) is 1. The number of rotatable bonds is 7. The molecule has 2 N–H and O–H groups in total. The number of halogens is 1. The van der Waals surface area contributed by atoms with Crippen molar-refractivity contribution >= 4 is 23.5 Å². The van der Waals surface area contributed by atoms with Gasteiger partial charge in [-0.1, -0.05) is 37.9 Å². The smallest absolute Gasteiger partial charge is 0.326 e. The predicted octanol–water partition coefficient (Wildman–Crippen LogP) is 2.51. The number of amides is 1. The summed E-state index contributed by atoms with van der Waals surface area (Å²) < 4.78 is 5.17. The molecule has 0 spiro atoms. The van der Waals surface area contributed by atoms with E-state index < -0.39 is 12.0 Å². The van der Waals surface area contributed by atoms with E-state index in [2.05, 4.69) is 5.32 Å². The highest BCUT2D eigenvalue weighted by atomic mass is 35.5. The molecule has 1 rings (SSSR count). The Morgan fingerprint density at radius 1 is 1.43 bits per heavy atom.